The molecule has 0 radical (unpaired) electrons. The summed E-state index contributed by atoms with van der Waals surface area (Å²) in [6.45, 7) is 2.81. The van der Waals surface area contributed by atoms with Crippen molar-refractivity contribution >= 4 is 19.6 Å². The molecule has 0 aromatic heterocycles. The highest BCUT2D eigenvalue weighted by atomic mass is 16.5. The number of amides is 1. The Labute approximate surface area is 96.0 Å². The second kappa shape index (κ2) is 4.32. The van der Waals surface area contributed by atoms with Gasteiger partial charge in [-0.15, -0.1) is 0 Å². The maximum absolute atomic E-state index is 11.9. The van der Waals surface area contributed by atoms with Gasteiger partial charge in [0.25, 0.3) is 0 Å². The number of likely N-dealkylation sites (tertiary alicyclic amines) is 1. The quantitative estimate of drug-likeness (QED) is 0.379. The Morgan fingerprint density at radius 3 is 2.94 bits per heavy atom. The van der Waals surface area contributed by atoms with Crippen LogP contribution in [0, 0.1) is 11.8 Å². The third-order valence-electron chi connectivity index (χ3n) is 3.42. The van der Waals surface area contributed by atoms with E-state index in [0.717, 1.165) is 6.42 Å². The van der Waals surface area contributed by atoms with Gasteiger partial charge in [-0.25, -0.2) is 4.79 Å². The SMILES string of the molecule is BC(=O)N1C[C@@H]2C=CC[C@@H]2[C@H]1C(=O)OCC. The van der Waals surface area contributed by atoms with E-state index in [0.29, 0.717) is 19.1 Å². The minimum absolute atomic E-state index is 0.0409. The summed E-state index contributed by atoms with van der Waals surface area (Å²) in [5.74, 6) is 0.260. The van der Waals surface area contributed by atoms with Crippen LogP contribution in [0.15, 0.2) is 12.2 Å². The van der Waals surface area contributed by atoms with Crippen LogP contribution in [0.1, 0.15) is 13.3 Å². The number of esters is 1. The molecule has 1 saturated heterocycles. The molecule has 4 nitrogen and oxygen atoms in total. The van der Waals surface area contributed by atoms with Crippen LogP contribution in [0.3, 0.4) is 0 Å². The van der Waals surface area contributed by atoms with Gasteiger partial charge in [-0.3, -0.25) is 4.79 Å². The van der Waals surface area contributed by atoms with Gasteiger partial charge in [0.05, 0.1) is 6.61 Å². The summed E-state index contributed by atoms with van der Waals surface area (Å²) in [6.07, 6.45) is 5.08. The van der Waals surface area contributed by atoms with Crippen LogP contribution in [0.2, 0.25) is 0 Å². The lowest BCUT2D eigenvalue weighted by Crippen LogP contribution is -2.43. The summed E-state index contributed by atoms with van der Waals surface area (Å²) >= 11 is 0. The number of hydrogen-bond donors (Lipinski definition) is 0. The van der Waals surface area contributed by atoms with E-state index in [-0.39, 0.29) is 23.7 Å². The van der Waals surface area contributed by atoms with Gasteiger partial charge in [0.1, 0.15) is 6.04 Å². The molecule has 86 valence electrons. The lowest BCUT2D eigenvalue weighted by Gasteiger charge is -2.24. The van der Waals surface area contributed by atoms with Crippen molar-refractivity contribution in [2.75, 3.05) is 13.2 Å². The Hall–Kier alpha value is -1.26. The number of carbonyl (C=O) groups is 2. The van der Waals surface area contributed by atoms with Crippen LogP contribution in [0.4, 0.5) is 4.79 Å². The zero-order valence-corrected chi connectivity index (χ0v) is 9.68. The predicted molar refractivity (Wildman–Crippen MR) is 61.8 cm³/mol. The third kappa shape index (κ3) is 1.74. The van der Waals surface area contributed by atoms with Crippen LogP contribution >= 0.6 is 0 Å². The number of fused-ring (bicyclic) bond motifs is 1. The maximum Gasteiger partial charge on any atom is 0.329 e. The molecule has 1 amide bonds. The van der Waals surface area contributed by atoms with Crippen molar-refractivity contribution in [1.29, 1.82) is 0 Å². The average Bonchev–Trinajstić information content (AvgIpc) is 2.75. The van der Waals surface area contributed by atoms with Crippen molar-refractivity contribution in [3.05, 3.63) is 12.2 Å². The molecular weight excluding hydrogens is 205 g/mol. The fourth-order valence-corrected chi connectivity index (χ4v) is 2.71. The number of carbonyl (C=O) groups excluding carboxylic acids is 2. The molecule has 16 heavy (non-hydrogen) atoms. The number of nitrogens with zero attached hydrogens (tertiary/aromatic N) is 1. The lowest BCUT2D eigenvalue weighted by atomic mass is 9.93. The second-order valence-electron chi connectivity index (χ2n) is 4.36. The van der Waals surface area contributed by atoms with E-state index in [2.05, 4.69) is 12.2 Å². The van der Waals surface area contributed by atoms with Gasteiger partial charge in [0, 0.05) is 18.4 Å². The van der Waals surface area contributed by atoms with Crippen molar-refractivity contribution in [2.45, 2.75) is 19.4 Å². The van der Waals surface area contributed by atoms with E-state index < -0.39 is 0 Å². The fraction of sp³-hybridized carbons (Fsp3) is 0.636. The minimum atomic E-state index is -0.377. The minimum Gasteiger partial charge on any atom is -0.464 e. The number of rotatable bonds is 2. The van der Waals surface area contributed by atoms with E-state index in [1.165, 1.54) is 7.85 Å². The molecule has 0 unspecified atom stereocenters. The summed E-state index contributed by atoms with van der Waals surface area (Å²) in [6, 6.07) is -0.377. The smallest absolute Gasteiger partial charge is 0.329 e. The van der Waals surface area contributed by atoms with Gasteiger partial charge in [-0.1, -0.05) is 12.2 Å². The van der Waals surface area contributed by atoms with Gasteiger partial charge in [0.2, 0.25) is 7.85 Å². The topological polar surface area (TPSA) is 46.6 Å². The Balaban J connectivity index is 2.17. The van der Waals surface area contributed by atoms with Crippen LogP contribution in [-0.4, -0.2) is 43.7 Å². The van der Waals surface area contributed by atoms with Gasteiger partial charge in [-0.2, -0.15) is 0 Å². The largest absolute Gasteiger partial charge is 0.464 e. The zero-order chi connectivity index (χ0) is 11.7. The molecule has 1 heterocycles. The normalized spacial score (nSPS) is 31.6. The molecule has 1 aliphatic heterocycles. The van der Waals surface area contributed by atoms with Crippen molar-refractivity contribution in [2.24, 2.45) is 11.8 Å². The molecule has 5 heteroatoms. The first-order valence-corrected chi connectivity index (χ1v) is 5.75. The Morgan fingerprint density at radius 2 is 2.31 bits per heavy atom. The maximum atomic E-state index is 11.9. The highest BCUT2D eigenvalue weighted by molar-refractivity contribution is 6.57. The highest BCUT2D eigenvalue weighted by Crippen LogP contribution is 2.38. The zero-order valence-electron chi connectivity index (χ0n) is 9.68. The van der Waals surface area contributed by atoms with E-state index in [1.54, 1.807) is 11.8 Å². The molecule has 0 N–H and O–H groups in total. The molecule has 0 bridgehead atoms. The molecular formula is C11H16BNO3. The molecule has 0 saturated carbocycles. The van der Waals surface area contributed by atoms with Crippen molar-refractivity contribution < 1.29 is 14.3 Å². The van der Waals surface area contributed by atoms with E-state index in [4.69, 9.17) is 4.74 Å². The number of allylic oxidation sites excluding steroid dienone is 1. The second-order valence-corrected chi connectivity index (χ2v) is 4.36. The van der Waals surface area contributed by atoms with E-state index >= 15 is 0 Å². The van der Waals surface area contributed by atoms with E-state index in [9.17, 15) is 9.59 Å². The molecule has 1 aliphatic carbocycles. The van der Waals surface area contributed by atoms with Crippen molar-refractivity contribution in [3.63, 3.8) is 0 Å². The third-order valence-corrected chi connectivity index (χ3v) is 3.42. The van der Waals surface area contributed by atoms with Crippen molar-refractivity contribution in [3.8, 4) is 0 Å². The summed E-state index contributed by atoms with van der Waals surface area (Å²) in [4.78, 5) is 25.0. The first-order valence-electron chi connectivity index (χ1n) is 5.75. The molecule has 1 fully saturated rings. The molecule has 0 aromatic rings. The van der Waals surface area contributed by atoms with E-state index in [1.807, 2.05) is 0 Å². The van der Waals surface area contributed by atoms with Gasteiger partial charge < -0.3 is 9.64 Å². The van der Waals surface area contributed by atoms with Gasteiger partial charge in [0.15, 0.2) is 5.81 Å². The standard InChI is InChI=1S/C11H16BNO3/c1-2-16-10(14)9-8-5-3-4-7(8)6-13(9)11(12)15/h3-4,7-9H,2,5-6,12H2,1H3/t7-,8-,9-/m0/s1. The van der Waals surface area contributed by atoms with Gasteiger partial charge in [-0.05, 0) is 13.3 Å². The average molecular weight is 221 g/mol. The molecule has 0 aromatic carbocycles. The first-order chi connectivity index (χ1) is 7.65. The predicted octanol–water partition coefficient (Wildman–Crippen LogP) is 0.179. The monoisotopic (exact) mass is 221 g/mol. The summed E-state index contributed by atoms with van der Waals surface area (Å²) in [5.41, 5.74) is 0. The van der Waals surface area contributed by atoms with Crippen LogP contribution in [-0.2, 0) is 9.53 Å². The summed E-state index contributed by atoms with van der Waals surface area (Å²) in [7, 11) is 1.51. The Kier molecular flexibility index (Phi) is 3.03. The van der Waals surface area contributed by atoms with Crippen LogP contribution in [0.25, 0.3) is 0 Å². The van der Waals surface area contributed by atoms with Crippen LogP contribution in [0.5, 0.6) is 0 Å². The summed E-state index contributed by atoms with van der Waals surface area (Å²) < 4.78 is 5.05. The van der Waals surface area contributed by atoms with Crippen LogP contribution < -0.4 is 0 Å². The Morgan fingerprint density at radius 1 is 1.56 bits per heavy atom. The highest BCUT2D eigenvalue weighted by Gasteiger charge is 2.47. The summed E-state index contributed by atoms with van der Waals surface area (Å²) in [5, 5.41) is 0. The molecule has 0 spiro atoms. The van der Waals surface area contributed by atoms with Crippen molar-refractivity contribution in [1.82, 2.24) is 4.90 Å². The molecule has 2 aliphatic rings. The number of hydrogen-bond acceptors (Lipinski definition) is 3. The Bertz CT molecular complexity index is 342. The fourth-order valence-electron chi connectivity index (χ4n) is 2.71. The molecule has 2 rings (SSSR count). The lowest BCUT2D eigenvalue weighted by molar-refractivity contribution is -0.148. The molecule has 3 atom stereocenters. The van der Waals surface area contributed by atoms with Gasteiger partial charge >= 0.3 is 5.97 Å². The first kappa shape index (κ1) is 11.2. The number of ether oxygens (including phenoxy) is 1.